The van der Waals surface area contributed by atoms with Crippen LogP contribution < -0.4 is 5.73 Å². The van der Waals surface area contributed by atoms with Crippen molar-refractivity contribution in [2.24, 2.45) is 11.7 Å². The standard InChI is InChI=1S/C12H25NO/c1-3-11(13)12(14-4-2)10-8-6-5-7-9-10/h10-12H,3-9,13H2,1-2H3/t11-,12?/m0/s1. The summed E-state index contributed by atoms with van der Waals surface area (Å²) >= 11 is 0. The van der Waals surface area contributed by atoms with E-state index >= 15 is 0 Å². The predicted octanol–water partition coefficient (Wildman–Crippen LogP) is 2.71. The van der Waals surface area contributed by atoms with Crippen molar-refractivity contribution < 1.29 is 4.74 Å². The Balaban J connectivity index is 2.46. The summed E-state index contributed by atoms with van der Waals surface area (Å²) in [5.41, 5.74) is 6.11. The maximum atomic E-state index is 6.11. The fourth-order valence-corrected chi connectivity index (χ4v) is 2.50. The SMILES string of the molecule is CCOC(C1CCCCC1)[C@@H](N)CC. The van der Waals surface area contributed by atoms with Crippen LogP contribution in [0.4, 0.5) is 0 Å². The molecule has 0 saturated heterocycles. The molecule has 0 heterocycles. The van der Waals surface area contributed by atoms with E-state index in [0.29, 0.717) is 6.10 Å². The zero-order valence-electron chi connectivity index (χ0n) is 9.67. The third-order valence-corrected chi connectivity index (χ3v) is 3.37. The Morgan fingerprint density at radius 1 is 1.21 bits per heavy atom. The van der Waals surface area contributed by atoms with Gasteiger partial charge in [0.25, 0.3) is 0 Å². The molecular weight excluding hydrogens is 174 g/mol. The summed E-state index contributed by atoms with van der Waals surface area (Å²) in [5.74, 6) is 0.721. The van der Waals surface area contributed by atoms with Gasteiger partial charge in [0.1, 0.15) is 0 Å². The average molecular weight is 199 g/mol. The zero-order valence-corrected chi connectivity index (χ0v) is 9.67. The first-order valence-corrected chi connectivity index (χ1v) is 6.16. The van der Waals surface area contributed by atoms with Gasteiger partial charge in [-0.2, -0.15) is 0 Å². The molecule has 14 heavy (non-hydrogen) atoms. The molecule has 0 aliphatic heterocycles. The highest BCUT2D eigenvalue weighted by Crippen LogP contribution is 2.29. The monoisotopic (exact) mass is 199 g/mol. The van der Waals surface area contributed by atoms with Crippen LogP contribution in [0.15, 0.2) is 0 Å². The number of nitrogens with two attached hydrogens (primary N) is 1. The smallest absolute Gasteiger partial charge is 0.0753 e. The number of hydrogen-bond donors (Lipinski definition) is 1. The molecule has 2 heteroatoms. The number of hydrogen-bond acceptors (Lipinski definition) is 2. The van der Waals surface area contributed by atoms with Crippen molar-refractivity contribution in [1.29, 1.82) is 0 Å². The quantitative estimate of drug-likeness (QED) is 0.739. The Morgan fingerprint density at radius 2 is 1.86 bits per heavy atom. The van der Waals surface area contributed by atoms with Crippen molar-refractivity contribution in [3.63, 3.8) is 0 Å². The van der Waals surface area contributed by atoms with E-state index in [1.165, 1.54) is 32.1 Å². The van der Waals surface area contributed by atoms with Gasteiger partial charge >= 0.3 is 0 Å². The van der Waals surface area contributed by atoms with E-state index in [9.17, 15) is 0 Å². The first-order chi connectivity index (χ1) is 6.79. The molecule has 1 rings (SSSR count). The van der Waals surface area contributed by atoms with Crippen LogP contribution in [0.3, 0.4) is 0 Å². The van der Waals surface area contributed by atoms with Crippen LogP contribution in [0.5, 0.6) is 0 Å². The molecule has 2 nitrogen and oxygen atoms in total. The van der Waals surface area contributed by atoms with Crippen molar-refractivity contribution in [3.8, 4) is 0 Å². The highest BCUT2D eigenvalue weighted by atomic mass is 16.5. The topological polar surface area (TPSA) is 35.2 Å². The molecule has 0 radical (unpaired) electrons. The van der Waals surface area contributed by atoms with E-state index in [-0.39, 0.29) is 6.04 Å². The molecule has 0 bridgehead atoms. The number of ether oxygens (including phenoxy) is 1. The molecule has 1 unspecified atom stereocenters. The highest BCUT2D eigenvalue weighted by molar-refractivity contribution is 4.81. The van der Waals surface area contributed by atoms with Gasteiger partial charge in [-0.1, -0.05) is 26.2 Å². The summed E-state index contributed by atoms with van der Waals surface area (Å²) in [5, 5.41) is 0. The van der Waals surface area contributed by atoms with Gasteiger partial charge in [-0.15, -0.1) is 0 Å². The molecule has 2 N–H and O–H groups in total. The summed E-state index contributed by atoms with van der Waals surface area (Å²) < 4.78 is 5.81. The third-order valence-electron chi connectivity index (χ3n) is 3.37. The Kier molecular flexibility index (Phi) is 5.49. The Hall–Kier alpha value is -0.0800. The fourth-order valence-electron chi connectivity index (χ4n) is 2.50. The van der Waals surface area contributed by atoms with Crippen LogP contribution in [-0.4, -0.2) is 18.8 Å². The minimum atomic E-state index is 0.234. The van der Waals surface area contributed by atoms with Gasteiger partial charge < -0.3 is 10.5 Å². The van der Waals surface area contributed by atoms with Crippen LogP contribution in [0, 0.1) is 5.92 Å². The first kappa shape index (κ1) is 12.0. The minimum Gasteiger partial charge on any atom is -0.377 e. The second-order valence-corrected chi connectivity index (χ2v) is 4.39. The summed E-state index contributed by atoms with van der Waals surface area (Å²) in [4.78, 5) is 0. The molecular formula is C12H25NO. The van der Waals surface area contributed by atoms with E-state index in [2.05, 4.69) is 13.8 Å². The normalized spacial score (nSPS) is 23.4. The van der Waals surface area contributed by atoms with Crippen LogP contribution >= 0.6 is 0 Å². The molecule has 84 valence electrons. The fraction of sp³-hybridized carbons (Fsp3) is 1.00. The lowest BCUT2D eigenvalue weighted by molar-refractivity contribution is -0.00988. The maximum absolute atomic E-state index is 6.11. The van der Waals surface area contributed by atoms with Gasteiger partial charge in [0.15, 0.2) is 0 Å². The molecule has 0 aromatic heterocycles. The molecule has 0 spiro atoms. The second-order valence-electron chi connectivity index (χ2n) is 4.39. The molecule has 1 aliphatic rings. The summed E-state index contributed by atoms with van der Waals surface area (Å²) in [6, 6.07) is 0.234. The Bertz CT molecular complexity index is 143. The van der Waals surface area contributed by atoms with Gasteiger partial charge in [-0.25, -0.2) is 0 Å². The lowest BCUT2D eigenvalue weighted by atomic mass is 9.82. The second kappa shape index (κ2) is 6.41. The van der Waals surface area contributed by atoms with E-state index in [0.717, 1.165) is 18.9 Å². The average Bonchev–Trinajstić information content (AvgIpc) is 2.26. The van der Waals surface area contributed by atoms with Gasteiger partial charge in [0.2, 0.25) is 0 Å². The molecule has 2 atom stereocenters. The van der Waals surface area contributed by atoms with Crippen LogP contribution in [-0.2, 0) is 4.74 Å². The zero-order chi connectivity index (χ0) is 10.4. The van der Waals surface area contributed by atoms with E-state index < -0.39 is 0 Å². The van der Waals surface area contributed by atoms with E-state index in [1.807, 2.05) is 0 Å². The van der Waals surface area contributed by atoms with Crippen molar-refractivity contribution in [2.75, 3.05) is 6.61 Å². The summed E-state index contributed by atoms with van der Waals surface area (Å²) in [7, 11) is 0. The maximum Gasteiger partial charge on any atom is 0.0753 e. The van der Waals surface area contributed by atoms with Crippen LogP contribution in [0.25, 0.3) is 0 Å². The van der Waals surface area contributed by atoms with Gasteiger partial charge in [-0.05, 0) is 32.1 Å². The van der Waals surface area contributed by atoms with Crippen molar-refractivity contribution >= 4 is 0 Å². The largest absolute Gasteiger partial charge is 0.377 e. The van der Waals surface area contributed by atoms with Gasteiger partial charge in [-0.3, -0.25) is 0 Å². The number of rotatable bonds is 5. The molecule has 1 aliphatic carbocycles. The summed E-state index contributed by atoms with van der Waals surface area (Å²) in [6.45, 7) is 5.02. The van der Waals surface area contributed by atoms with Crippen molar-refractivity contribution in [3.05, 3.63) is 0 Å². The lowest BCUT2D eigenvalue weighted by Crippen LogP contribution is -2.42. The minimum absolute atomic E-state index is 0.234. The highest BCUT2D eigenvalue weighted by Gasteiger charge is 2.27. The molecule has 1 fully saturated rings. The predicted molar refractivity (Wildman–Crippen MR) is 60.3 cm³/mol. The Labute approximate surface area is 88.2 Å². The molecule has 1 saturated carbocycles. The Morgan fingerprint density at radius 3 is 2.36 bits per heavy atom. The molecule has 0 aromatic rings. The third kappa shape index (κ3) is 3.25. The van der Waals surface area contributed by atoms with E-state index in [4.69, 9.17) is 10.5 Å². The van der Waals surface area contributed by atoms with E-state index in [1.54, 1.807) is 0 Å². The van der Waals surface area contributed by atoms with Crippen molar-refractivity contribution in [1.82, 2.24) is 0 Å². The lowest BCUT2D eigenvalue weighted by Gasteiger charge is -2.33. The van der Waals surface area contributed by atoms with Crippen LogP contribution in [0.2, 0.25) is 0 Å². The molecule has 0 amide bonds. The molecule has 0 aromatic carbocycles. The van der Waals surface area contributed by atoms with Crippen LogP contribution in [0.1, 0.15) is 52.4 Å². The van der Waals surface area contributed by atoms with Gasteiger partial charge in [0, 0.05) is 12.6 Å². The van der Waals surface area contributed by atoms with Crippen molar-refractivity contribution in [2.45, 2.75) is 64.5 Å². The summed E-state index contributed by atoms with van der Waals surface area (Å²) in [6.07, 6.45) is 8.11. The van der Waals surface area contributed by atoms with Gasteiger partial charge in [0.05, 0.1) is 6.10 Å². The first-order valence-electron chi connectivity index (χ1n) is 6.16.